The minimum absolute atomic E-state index is 0.0990. The summed E-state index contributed by atoms with van der Waals surface area (Å²) in [4.78, 5) is 9.49. The number of H-pyrrole nitrogens is 1. The van der Waals surface area contributed by atoms with Gasteiger partial charge in [-0.2, -0.15) is 5.10 Å². The average molecular weight is 398 g/mol. The molecular weight excluding hydrogens is 371 g/mol. The maximum Gasteiger partial charge on any atom is 0.167 e. The van der Waals surface area contributed by atoms with Gasteiger partial charge in [-0.15, -0.1) is 0 Å². The van der Waals surface area contributed by atoms with Crippen LogP contribution in [-0.2, 0) is 0 Å². The second-order valence-electron chi connectivity index (χ2n) is 8.29. The molecule has 2 aromatic rings. The number of nitrogens with zero attached hydrogens (tertiary/aromatic N) is 4. The Morgan fingerprint density at radius 1 is 1.17 bits per heavy atom. The molecule has 1 aromatic heterocycles. The summed E-state index contributed by atoms with van der Waals surface area (Å²) in [5.41, 5.74) is 1.47. The summed E-state index contributed by atoms with van der Waals surface area (Å²) in [6.45, 7) is 7.94. The lowest BCUT2D eigenvalue weighted by Crippen LogP contribution is -2.47. The first-order valence-electron chi connectivity index (χ1n) is 10.4. The van der Waals surface area contributed by atoms with Crippen LogP contribution < -0.4 is 10.1 Å². The molecule has 7 nitrogen and oxygen atoms in total. The van der Waals surface area contributed by atoms with Crippen molar-refractivity contribution in [3.8, 4) is 5.75 Å². The standard InChI is InChI=1S/C21H27FN6O/c1-13(2)29-19-9-15-17(10-16(19)22)25-26-21(15)18-11-20(24-12-23-18)28-7-5-27(6-8-28)14-3-4-14/h9-14,18H,3-8H2,1-2H3,(H,23,24)(H,25,26). The molecule has 8 heteroatoms. The third kappa shape index (κ3) is 3.69. The molecule has 1 aromatic carbocycles. The number of aromatic amines is 1. The summed E-state index contributed by atoms with van der Waals surface area (Å²) < 4.78 is 19.9. The fourth-order valence-corrected chi connectivity index (χ4v) is 4.14. The number of hydrogen-bond donors (Lipinski definition) is 2. The minimum Gasteiger partial charge on any atom is -0.488 e. The Bertz CT molecular complexity index is 955. The SMILES string of the molecule is CC(C)Oc1cc2c(C3C=C(N4CCN(C5CC5)CC4)N=CN3)n[nH]c2cc1F. The maximum absolute atomic E-state index is 14.3. The minimum atomic E-state index is -0.385. The second-order valence-corrected chi connectivity index (χ2v) is 8.29. The third-order valence-electron chi connectivity index (χ3n) is 5.77. The first kappa shape index (κ1) is 18.4. The summed E-state index contributed by atoms with van der Waals surface area (Å²) in [7, 11) is 0. The van der Waals surface area contributed by atoms with E-state index in [1.165, 1.54) is 18.9 Å². The van der Waals surface area contributed by atoms with E-state index in [4.69, 9.17) is 4.74 Å². The van der Waals surface area contributed by atoms with Crippen molar-refractivity contribution in [3.05, 3.63) is 35.5 Å². The van der Waals surface area contributed by atoms with E-state index in [0.717, 1.165) is 49.1 Å². The van der Waals surface area contributed by atoms with Gasteiger partial charge in [-0.1, -0.05) is 0 Å². The van der Waals surface area contributed by atoms with Crippen molar-refractivity contribution in [3.63, 3.8) is 0 Å². The molecule has 2 N–H and O–H groups in total. The Balaban J connectivity index is 1.38. The van der Waals surface area contributed by atoms with Crippen LogP contribution in [0.15, 0.2) is 29.0 Å². The van der Waals surface area contributed by atoms with E-state index in [1.807, 2.05) is 13.8 Å². The van der Waals surface area contributed by atoms with E-state index in [2.05, 4.69) is 36.4 Å². The van der Waals surface area contributed by atoms with E-state index in [0.29, 0.717) is 5.52 Å². The Morgan fingerprint density at radius 3 is 2.69 bits per heavy atom. The molecule has 0 radical (unpaired) electrons. The predicted molar refractivity (Wildman–Crippen MR) is 110 cm³/mol. The lowest BCUT2D eigenvalue weighted by Gasteiger charge is -2.37. The van der Waals surface area contributed by atoms with Crippen LogP contribution in [0, 0.1) is 5.82 Å². The van der Waals surface area contributed by atoms with Crippen LogP contribution in [0.5, 0.6) is 5.75 Å². The van der Waals surface area contributed by atoms with E-state index >= 15 is 0 Å². The quantitative estimate of drug-likeness (QED) is 0.811. The molecular formula is C21H27FN6O. The van der Waals surface area contributed by atoms with E-state index in [1.54, 1.807) is 12.4 Å². The number of halogens is 1. The molecule has 0 spiro atoms. The van der Waals surface area contributed by atoms with Crippen molar-refractivity contribution < 1.29 is 9.13 Å². The molecule has 154 valence electrons. The number of rotatable bonds is 5. The first-order chi connectivity index (χ1) is 14.1. The lowest BCUT2D eigenvalue weighted by molar-refractivity contribution is 0.150. The molecule has 3 heterocycles. The lowest BCUT2D eigenvalue weighted by atomic mass is 10.1. The normalized spacial score (nSPS) is 22.8. The predicted octanol–water partition coefficient (Wildman–Crippen LogP) is 2.78. The smallest absolute Gasteiger partial charge is 0.167 e. The fourth-order valence-electron chi connectivity index (χ4n) is 4.14. The van der Waals surface area contributed by atoms with E-state index < -0.39 is 0 Å². The van der Waals surface area contributed by atoms with Gasteiger partial charge in [0, 0.05) is 43.7 Å². The van der Waals surface area contributed by atoms with Crippen molar-refractivity contribution in [2.75, 3.05) is 26.2 Å². The number of fused-ring (bicyclic) bond motifs is 1. The molecule has 29 heavy (non-hydrogen) atoms. The number of aliphatic imine (C=N–C) groups is 1. The molecule has 3 aliphatic rings. The summed E-state index contributed by atoms with van der Waals surface area (Å²) in [5, 5.41) is 11.5. The number of nitrogens with one attached hydrogen (secondary N) is 2. The number of hydrogen-bond acceptors (Lipinski definition) is 6. The third-order valence-corrected chi connectivity index (χ3v) is 5.77. The van der Waals surface area contributed by atoms with Gasteiger partial charge in [0.25, 0.3) is 0 Å². The van der Waals surface area contributed by atoms with Gasteiger partial charge in [-0.05, 0) is 38.8 Å². The highest BCUT2D eigenvalue weighted by Gasteiger charge is 2.32. The number of piperazine rings is 1. The molecule has 0 bridgehead atoms. The Labute approximate surface area is 169 Å². The van der Waals surface area contributed by atoms with Gasteiger partial charge in [0.05, 0.1) is 29.7 Å². The maximum atomic E-state index is 14.3. The molecule has 1 saturated heterocycles. The van der Waals surface area contributed by atoms with Crippen molar-refractivity contribution in [1.29, 1.82) is 0 Å². The molecule has 0 amide bonds. The highest BCUT2D eigenvalue weighted by atomic mass is 19.1. The van der Waals surface area contributed by atoms with Crippen molar-refractivity contribution >= 4 is 17.2 Å². The summed E-state index contributed by atoms with van der Waals surface area (Å²) >= 11 is 0. The van der Waals surface area contributed by atoms with Gasteiger partial charge in [0.15, 0.2) is 11.6 Å². The van der Waals surface area contributed by atoms with E-state index in [9.17, 15) is 4.39 Å². The monoisotopic (exact) mass is 398 g/mol. The van der Waals surface area contributed by atoms with Gasteiger partial charge in [0.2, 0.25) is 0 Å². The van der Waals surface area contributed by atoms with Crippen LogP contribution in [0.1, 0.15) is 38.4 Å². The van der Waals surface area contributed by atoms with Crippen molar-refractivity contribution in [2.45, 2.75) is 44.9 Å². The van der Waals surface area contributed by atoms with Crippen LogP contribution in [0.25, 0.3) is 10.9 Å². The zero-order chi connectivity index (χ0) is 20.0. The summed E-state index contributed by atoms with van der Waals surface area (Å²) in [5.74, 6) is 0.838. The second kappa shape index (κ2) is 7.33. The molecule has 1 saturated carbocycles. The van der Waals surface area contributed by atoms with Crippen LogP contribution in [0.4, 0.5) is 4.39 Å². The van der Waals surface area contributed by atoms with Crippen LogP contribution in [-0.4, -0.2) is 64.7 Å². The van der Waals surface area contributed by atoms with Crippen molar-refractivity contribution in [1.82, 2.24) is 25.3 Å². The van der Waals surface area contributed by atoms with Gasteiger partial charge >= 0.3 is 0 Å². The van der Waals surface area contributed by atoms with Gasteiger partial charge < -0.3 is 15.0 Å². The Kier molecular flexibility index (Phi) is 4.66. The highest BCUT2D eigenvalue weighted by molar-refractivity contribution is 5.84. The fraction of sp³-hybridized carbons (Fsp3) is 0.524. The number of ether oxygens (including phenoxy) is 1. The van der Waals surface area contributed by atoms with Crippen LogP contribution in [0.2, 0.25) is 0 Å². The molecule has 2 aliphatic heterocycles. The Morgan fingerprint density at radius 2 is 1.97 bits per heavy atom. The zero-order valence-electron chi connectivity index (χ0n) is 16.9. The molecule has 1 unspecified atom stereocenters. The highest BCUT2D eigenvalue weighted by Crippen LogP contribution is 2.32. The molecule has 1 atom stereocenters. The zero-order valence-corrected chi connectivity index (χ0v) is 16.9. The van der Waals surface area contributed by atoms with Crippen LogP contribution >= 0.6 is 0 Å². The molecule has 2 fully saturated rings. The van der Waals surface area contributed by atoms with Crippen LogP contribution in [0.3, 0.4) is 0 Å². The largest absolute Gasteiger partial charge is 0.488 e. The van der Waals surface area contributed by atoms with E-state index in [-0.39, 0.29) is 23.7 Å². The number of benzene rings is 1. The van der Waals surface area contributed by atoms with Gasteiger partial charge in [-0.25, -0.2) is 9.38 Å². The topological polar surface area (TPSA) is 68.8 Å². The Hall–Kier alpha value is -2.61. The average Bonchev–Trinajstić information content (AvgIpc) is 3.49. The number of aromatic nitrogens is 2. The molecule has 1 aliphatic carbocycles. The van der Waals surface area contributed by atoms with Crippen molar-refractivity contribution in [2.24, 2.45) is 4.99 Å². The first-order valence-corrected chi connectivity index (χ1v) is 10.4. The molecule has 5 rings (SSSR count). The van der Waals surface area contributed by atoms with Gasteiger partial charge in [0.1, 0.15) is 5.82 Å². The summed E-state index contributed by atoms with van der Waals surface area (Å²) in [6, 6.07) is 3.87. The van der Waals surface area contributed by atoms with Gasteiger partial charge in [-0.3, -0.25) is 10.00 Å². The summed E-state index contributed by atoms with van der Waals surface area (Å²) in [6.07, 6.45) is 6.44.